The van der Waals surface area contributed by atoms with Crippen LogP contribution in [0.2, 0.25) is 0 Å². The summed E-state index contributed by atoms with van der Waals surface area (Å²) in [5.74, 6) is -0.464. The van der Waals surface area contributed by atoms with Crippen LogP contribution in [0.15, 0.2) is 46.6 Å². The number of benzene rings is 1. The fraction of sp³-hybridized carbons (Fsp3) is 0.111. The molecule has 0 aliphatic carbocycles. The molecular formula is C18H14N2O3S. The Morgan fingerprint density at radius 3 is 2.75 bits per heavy atom. The molecule has 6 heteroatoms. The summed E-state index contributed by atoms with van der Waals surface area (Å²) in [4.78, 5) is 32.5. The van der Waals surface area contributed by atoms with E-state index in [-0.39, 0.29) is 12.0 Å². The van der Waals surface area contributed by atoms with Gasteiger partial charge in [0.25, 0.3) is 0 Å². The topological polar surface area (TPSA) is 75.0 Å². The van der Waals surface area contributed by atoms with Crippen molar-refractivity contribution < 1.29 is 9.53 Å². The molecule has 3 aromatic heterocycles. The first-order valence-corrected chi connectivity index (χ1v) is 8.46. The first-order chi connectivity index (χ1) is 11.7. The van der Waals surface area contributed by atoms with Crippen LogP contribution in [0.25, 0.3) is 32.4 Å². The predicted octanol–water partition coefficient (Wildman–Crippen LogP) is 3.91. The molecule has 0 aliphatic rings. The third-order valence-electron chi connectivity index (χ3n) is 3.91. The van der Waals surface area contributed by atoms with Crippen molar-refractivity contribution in [3.8, 4) is 10.4 Å². The fourth-order valence-electron chi connectivity index (χ4n) is 2.90. The zero-order chi connectivity index (χ0) is 16.7. The van der Waals surface area contributed by atoms with Crippen molar-refractivity contribution in [3.05, 3.63) is 57.7 Å². The zero-order valence-corrected chi connectivity index (χ0v) is 13.7. The molecule has 2 N–H and O–H groups in total. The van der Waals surface area contributed by atoms with Crippen LogP contribution in [0, 0.1) is 0 Å². The number of aromatic nitrogens is 2. The van der Waals surface area contributed by atoms with Gasteiger partial charge in [0.15, 0.2) is 5.43 Å². The van der Waals surface area contributed by atoms with Crippen LogP contribution in [0.4, 0.5) is 0 Å². The molecule has 3 heterocycles. The van der Waals surface area contributed by atoms with Gasteiger partial charge < -0.3 is 14.7 Å². The maximum Gasteiger partial charge on any atom is 0.355 e. The van der Waals surface area contributed by atoms with Crippen molar-refractivity contribution in [2.75, 3.05) is 6.61 Å². The number of para-hydroxylation sites is 1. The maximum absolute atomic E-state index is 13.0. The highest BCUT2D eigenvalue weighted by atomic mass is 32.1. The van der Waals surface area contributed by atoms with Gasteiger partial charge in [-0.05, 0) is 30.5 Å². The number of nitrogens with one attached hydrogen (secondary N) is 2. The SMILES string of the molecule is CCOC(=O)c1[nH]c2[nH]c3ccccc3c(=O)c2c1-c1cccs1. The smallest absolute Gasteiger partial charge is 0.355 e. The molecule has 0 fully saturated rings. The summed E-state index contributed by atoms with van der Waals surface area (Å²) in [7, 11) is 0. The zero-order valence-electron chi connectivity index (χ0n) is 12.9. The van der Waals surface area contributed by atoms with E-state index in [4.69, 9.17) is 4.74 Å². The van der Waals surface area contributed by atoms with E-state index in [1.54, 1.807) is 13.0 Å². The summed E-state index contributed by atoms with van der Waals surface area (Å²) in [6.45, 7) is 2.03. The number of hydrogen-bond donors (Lipinski definition) is 2. The average Bonchev–Trinajstić information content (AvgIpc) is 3.22. The van der Waals surface area contributed by atoms with Crippen LogP contribution >= 0.6 is 11.3 Å². The Hall–Kier alpha value is -2.86. The largest absolute Gasteiger partial charge is 0.461 e. The normalized spacial score (nSPS) is 11.2. The monoisotopic (exact) mass is 338 g/mol. The van der Waals surface area contributed by atoms with E-state index >= 15 is 0 Å². The average molecular weight is 338 g/mol. The van der Waals surface area contributed by atoms with Gasteiger partial charge in [-0.15, -0.1) is 11.3 Å². The molecule has 5 nitrogen and oxygen atoms in total. The highest BCUT2D eigenvalue weighted by Crippen LogP contribution is 2.34. The molecule has 0 bridgehead atoms. The minimum absolute atomic E-state index is 0.102. The summed E-state index contributed by atoms with van der Waals surface area (Å²) in [5, 5.41) is 3.00. The number of H-pyrrole nitrogens is 2. The quantitative estimate of drug-likeness (QED) is 0.556. The van der Waals surface area contributed by atoms with Crippen molar-refractivity contribution in [3.63, 3.8) is 0 Å². The van der Waals surface area contributed by atoms with Gasteiger partial charge in [-0.25, -0.2) is 4.79 Å². The lowest BCUT2D eigenvalue weighted by atomic mass is 10.1. The molecule has 0 radical (unpaired) electrons. The third-order valence-corrected chi connectivity index (χ3v) is 4.79. The molecule has 0 amide bonds. The summed E-state index contributed by atoms with van der Waals surface area (Å²) < 4.78 is 5.15. The Morgan fingerprint density at radius 2 is 2.00 bits per heavy atom. The third kappa shape index (κ3) is 2.15. The molecule has 0 saturated carbocycles. The number of hydrogen-bond acceptors (Lipinski definition) is 4. The molecule has 24 heavy (non-hydrogen) atoms. The van der Waals surface area contributed by atoms with Gasteiger partial charge in [-0.3, -0.25) is 4.79 Å². The first-order valence-electron chi connectivity index (χ1n) is 7.58. The lowest BCUT2D eigenvalue weighted by Gasteiger charge is -2.02. The Morgan fingerprint density at radius 1 is 1.17 bits per heavy atom. The van der Waals surface area contributed by atoms with Gasteiger partial charge in [0.05, 0.1) is 17.5 Å². The molecule has 0 saturated heterocycles. The highest BCUT2D eigenvalue weighted by molar-refractivity contribution is 7.13. The number of fused-ring (bicyclic) bond motifs is 2. The highest BCUT2D eigenvalue weighted by Gasteiger charge is 2.23. The molecule has 0 aliphatic heterocycles. The Bertz CT molecular complexity index is 1110. The second-order valence-electron chi connectivity index (χ2n) is 5.32. The van der Waals surface area contributed by atoms with E-state index in [0.717, 1.165) is 10.4 Å². The van der Waals surface area contributed by atoms with E-state index in [2.05, 4.69) is 9.97 Å². The second-order valence-corrected chi connectivity index (χ2v) is 6.27. The van der Waals surface area contributed by atoms with Gasteiger partial charge in [-0.2, -0.15) is 0 Å². The van der Waals surface area contributed by atoms with Crippen LogP contribution < -0.4 is 5.43 Å². The molecule has 4 aromatic rings. The maximum atomic E-state index is 13.0. The number of rotatable bonds is 3. The molecule has 4 rings (SSSR count). The fourth-order valence-corrected chi connectivity index (χ4v) is 3.69. The number of pyridine rings is 1. The predicted molar refractivity (Wildman–Crippen MR) is 95.7 cm³/mol. The van der Waals surface area contributed by atoms with Gasteiger partial charge >= 0.3 is 5.97 Å². The number of thiophene rings is 1. The van der Waals surface area contributed by atoms with E-state index in [1.165, 1.54) is 11.3 Å². The van der Waals surface area contributed by atoms with E-state index in [0.29, 0.717) is 27.7 Å². The van der Waals surface area contributed by atoms with E-state index in [1.807, 2.05) is 35.7 Å². The number of carbonyl (C=O) groups is 1. The molecule has 0 spiro atoms. The van der Waals surface area contributed by atoms with Crippen LogP contribution in [0.5, 0.6) is 0 Å². The standard InChI is InChI=1S/C18H14N2O3S/c1-2-23-18(22)15-13(12-8-5-9-24-12)14-16(21)10-6-3-4-7-11(10)19-17(14)20-15/h3-9H,2H2,1H3,(H2,19,20,21). The molecule has 1 aromatic carbocycles. The molecular weight excluding hydrogens is 324 g/mol. The minimum Gasteiger partial charge on any atom is -0.461 e. The van der Waals surface area contributed by atoms with Crippen molar-refractivity contribution >= 4 is 39.2 Å². The molecule has 120 valence electrons. The molecule has 0 atom stereocenters. The summed E-state index contributed by atoms with van der Waals surface area (Å²) >= 11 is 1.48. The number of esters is 1. The van der Waals surface area contributed by atoms with Crippen LogP contribution in [0.3, 0.4) is 0 Å². The van der Waals surface area contributed by atoms with Crippen LogP contribution in [-0.2, 0) is 4.74 Å². The van der Waals surface area contributed by atoms with Crippen molar-refractivity contribution in [2.45, 2.75) is 6.92 Å². The summed E-state index contributed by atoms with van der Waals surface area (Å²) in [6, 6.07) is 11.1. The van der Waals surface area contributed by atoms with Gasteiger partial charge in [-0.1, -0.05) is 18.2 Å². The van der Waals surface area contributed by atoms with E-state index in [9.17, 15) is 9.59 Å². The van der Waals surface area contributed by atoms with Crippen molar-refractivity contribution in [1.29, 1.82) is 0 Å². The van der Waals surface area contributed by atoms with E-state index < -0.39 is 5.97 Å². The second kappa shape index (κ2) is 5.65. The van der Waals surface area contributed by atoms with Gasteiger partial charge in [0.1, 0.15) is 11.3 Å². The Balaban J connectivity index is 2.14. The molecule has 0 unspecified atom stereocenters. The first kappa shape index (κ1) is 14.7. The number of aromatic amines is 2. The Labute approximate surface area is 140 Å². The summed E-state index contributed by atoms with van der Waals surface area (Å²) in [5.41, 5.74) is 2.06. The lowest BCUT2D eigenvalue weighted by molar-refractivity contribution is 0.0521. The van der Waals surface area contributed by atoms with Crippen LogP contribution in [-0.4, -0.2) is 22.5 Å². The lowest BCUT2D eigenvalue weighted by Crippen LogP contribution is -2.07. The Kier molecular flexibility index (Phi) is 3.46. The van der Waals surface area contributed by atoms with Gasteiger partial charge in [0, 0.05) is 15.8 Å². The van der Waals surface area contributed by atoms with Crippen molar-refractivity contribution in [1.82, 2.24) is 9.97 Å². The number of carbonyl (C=O) groups excluding carboxylic acids is 1. The summed E-state index contributed by atoms with van der Waals surface area (Å²) in [6.07, 6.45) is 0. The van der Waals surface area contributed by atoms with Crippen LogP contribution in [0.1, 0.15) is 17.4 Å². The van der Waals surface area contributed by atoms with Crippen molar-refractivity contribution in [2.24, 2.45) is 0 Å². The van der Waals surface area contributed by atoms with Gasteiger partial charge in [0.2, 0.25) is 0 Å². The minimum atomic E-state index is -0.464. The number of ether oxygens (including phenoxy) is 1.